The Morgan fingerprint density at radius 3 is 1.72 bits per heavy atom. The van der Waals surface area contributed by atoms with E-state index in [1.807, 2.05) is 13.8 Å². The summed E-state index contributed by atoms with van der Waals surface area (Å²) in [5.74, 6) is -0.796. The molecule has 0 amide bonds. The Kier molecular flexibility index (Phi) is 13.6. The van der Waals surface area contributed by atoms with Crippen LogP contribution in [-0.4, -0.2) is 47.0 Å². The van der Waals surface area contributed by atoms with Gasteiger partial charge in [-0.3, -0.25) is 4.55 Å². The second kappa shape index (κ2) is 14.7. The normalized spacial score (nSPS) is 12.4. The van der Waals surface area contributed by atoms with Gasteiger partial charge in [0.1, 0.15) is 0 Å². The average molecular weight is 427 g/mol. The standard InChI is InChI=1S/C8H18O2.C7H6O2.C6H6O3S/c1-3-5-8(10)7(4-2)6-9;8-7(9)6-4-2-1-3-5-6;7-10(8,9)6-4-2-1-3-5-6/h7-10H,3-6H2,1-2H3;1-5H,(H,8,9);1-5H,(H,7,8,9). The maximum absolute atomic E-state index is 10.4. The number of benzene rings is 2. The highest BCUT2D eigenvalue weighted by atomic mass is 32.2. The minimum Gasteiger partial charge on any atom is -0.478 e. The van der Waals surface area contributed by atoms with Gasteiger partial charge in [0.2, 0.25) is 0 Å². The molecule has 0 aliphatic heterocycles. The molecule has 29 heavy (non-hydrogen) atoms. The van der Waals surface area contributed by atoms with Crippen LogP contribution in [0.3, 0.4) is 0 Å². The zero-order valence-electron chi connectivity index (χ0n) is 16.7. The third-order valence-corrected chi connectivity index (χ3v) is 4.82. The molecule has 0 aromatic heterocycles. The highest BCUT2D eigenvalue weighted by Gasteiger charge is 2.14. The molecular formula is C21H30O7S. The van der Waals surface area contributed by atoms with Crippen LogP contribution in [0.1, 0.15) is 43.5 Å². The van der Waals surface area contributed by atoms with E-state index in [2.05, 4.69) is 0 Å². The fourth-order valence-electron chi connectivity index (χ4n) is 2.23. The Bertz CT molecular complexity index is 773. The first-order chi connectivity index (χ1) is 13.7. The highest BCUT2D eigenvalue weighted by molar-refractivity contribution is 7.85. The first-order valence-electron chi connectivity index (χ1n) is 9.27. The van der Waals surface area contributed by atoms with E-state index >= 15 is 0 Å². The van der Waals surface area contributed by atoms with E-state index in [4.69, 9.17) is 14.8 Å². The van der Waals surface area contributed by atoms with Crippen LogP contribution < -0.4 is 0 Å². The van der Waals surface area contributed by atoms with Gasteiger partial charge in [0.05, 0.1) is 16.6 Å². The van der Waals surface area contributed by atoms with E-state index in [1.165, 1.54) is 12.1 Å². The van der Waals surface area contributed by atoms with Crippen LogP contribution >= 0.6 is 0 Å². The zero-order chi connectivity index (χ0) is 22.3. The molecule has 4 N–H and O–H groups in total. The largest absolute Gasteiger partial charge is 0.478 e. The summed E-state index contributed by atoms with van der Waals surface area (Å²) in [5.41, 5.74) is 0.331. The lowest BCUT2D eigenvalue weighted by Crippen LogP contribution is -2.22. The fourth-order valence-corrected chi connectivity index (χ4v) is 2.73. The van der Waals surface area contributed by atoms with Crippen molar-refractivity contribution < 1.29 is 33.1 Å². The van der Waals surface area contributed by atoms with E-state index in [0.717, 1.165) is 19.3 Å². The van der Waals surface area contributed by atoms with Gasteiger partial charge in [-0.1, -0.05) is 56.7 Å². The number of hydrogen-bond acceptors (Lipinski definition) is 5. The number of carboxylic acid groups (broad SMARTS) is 1. The Morgan fingerprint density at radius 2 is 1.45 bits per heavy atom. The molecule has 8 heteroatoms. The second-order valence-corrected chi connectivity index (χ2v) is 7.59. The molecule has 0 bridgehead atoms. The number of aromatic carboxylic acids is 1. The highest BCUT2D eigenvalue weighted by Crippen LogP contribution is 2.12. The third-order valence-electron chi connectivity index (χ3n) is 3.95. The molecule has 2 unspecified atom stereocenters. The number of hydrogen-bond donors (Lipinski definition) is 4. The molecule has 0 saturated heterocycles. The van der Waals surface area contributed by atoms with Gasteiger partial charge in [-0.25, -0.2) is 4.79 Å². The van der Waals surface area contributed by atoms with E-state index < -0.39 is 16.1 Å². The van der Waals surface area contributed by atoms with Gasteiger partial charge >= 0.3 is 5.97 Å². The Balaban J connectivity index is 0.000000406. The van der Waals surface area contributed by atoms with Crippen LogP contribution in [0.15, 0.2) is 65.6 Å². The second-order valence-electron chi connectivity index (χ2n) is 6.17. The maximum atomic E-state index is 10.4. The van der Waals surface area contributed by atoms with Crippen LogP contribution in [0.4, 0.5) is 0 Å². The first kappa shape index (κ1) is 26.7. The van der Waals surface area contributed by atoms with Gasteiger partial charge in [-0.15, -0.1) is 0 Å². The first-order valence-corrected chi connectivity index (χ1v) is 10.7. The van der Waals surface area contributed by atoms with Crippen LogP contribution in [0.5, 0.6) is 0 Å². The van der Waals surface area contributed by atoms with Gasteiger partial charge in [0.15, 0.2) is 0 Å². The quantitative estimate of drug-likeness (QED) is 0.498. The molecule has 2 aromatic carbocycles. The van der Waals surface area contributed by atoms with Crippen molar-refractivity contribution in [3.05, 3.63) is 66.2 Å². The van der Waals surface area contributed by atoms with Gasteiger partial charge < -0.3 is 15.3 Å². The van der Waals surface area contributed by atoms with Crippen LogP contribution in [0.2, 0.25) is 0 Å². The SMILES string of the molecule is CCCC(O)C(CC)CO.O=C(O)c1ccccc1.O=S(=O)(O)c1ccccc1. The fraction of sp³-hybridized carbons (Fsp3) is 0.381. The van der Waals surface area contributed by atoms with Gasteiger partial charge in [0.25, 0.3) is 10.1 Å². The summed E-state index contributed by atoms with van der Waals surface area (Å²) in [6, 6.07) is 15.7. The van der Waals surface area contributed by atoms with E-state index in [1.54, 1.807) is 48.5 Å². The lowest BCUT2D eigenvalue weighted by atomic mass is 9.97. The molecule has 0 fully saturated rings. The molecule has 2 rings (SSSR count). The number of carboxylic acids is 1. The van der Waals surface area contributed by atoms with Crippen molar-refractivity contribution in [2.45, 2.75) is 44.1 Å². The summed E-state index contributed by atoms with van der Waals surface area (Å²) in [7, 11) is -4.00. The molecule has 7 nitrogen and oxygen atoms in total. The Labute approximate surface area is 172 Å². The van der Waals surface area contributed by atoms with Gasteiger partial charge in [0, 0.05) is 12.5 Å². The third kappa shape index (κ3) is 12.0. The monoisotopic (exact) mass is 426 g/mol. The van der Waals surface area contributed by atoms with Crippen molar-refractivity contribution in [3.8, 4) is 0 Å². The molecule has 0 aliphatic carbocycles. The van der Waals surface area contributed by atoms with Gasteiger partial charge in [-0.2, -0.15) is 8.42 Å². The predicted octanol–water partition coefficient (Wildman–Crippen LogP) is 3.48. The molecule has 2 aromatic rings. The number of aliphatic hydroxyl groups excluding tert-OH is 2. The summed E-state index contributed by atoms with van der Waals surface area (Å²) < 4.78 is 29.2. The lowest BCUT2D eigenvalue weighted by Gasteiger charge is -2.17. The number of carbonyl (C=O) groups is 1. The van der Waals surface area contributed by atoms with Crippen molar-refractivity contribution >= 4 is 16.1 Å². The van der Waals surface area contributed by atoms with Crippen molar-refractivity contribution in [1.29, 1.82) is 0 Å². The Hall–Kier alpha value is -2.26. The Morgan fingerprint density at radius 1 is 0.966 bits per heavy atom. The van der Waals surface area contributed by atoms with Crippen LogP contribution in [-0.2, 0) is 10.1 Å². The van der Waals surface area contributed by atoms with E-state index in [9.17, 15) is 18.3 Å². The summed E-state index contributed by atoms with van der Waals surface area (Å²) in [5, 5.41) is 26.5. The van der Waals surface area contributed by atoms with Crippen molar-refractivity contribution in [3.63, 3.8) is 0 Å². The predicted molar refractivity (Wildman–Crippen MR) is 111 cm³/mol. The zero-order valence-corrected chi connectivity index (χ0v) is 17.5. The summed E-state index contributed by atoms with van der Waals surface area (Å²) in [6.07, 6.45) is 2.34. The minimum atomic E-state index is -4.00. The molecule has 0 radical (unpaired) electrons. The van der Waals surface area contributed by atoms with Crippen LogP contribution in [0.25, 0.3) is 0 Å². The molecule has 0 aliphatic rings. The average Bonchev–Trinajstić information content (AvgIpc) is 2.71. The van der Waals surface area contributed by atoms with Crippen molar-refractivity contribution in [2.24, 2.45) is 5.92 Å². The van der Waals surface area contributed by atoms with Crippen LogP contribution in [0, 0.1) is 5.92 Å². The molecule has 0 saturated carbocycles. The number of rotatable bonds is 7. The molecule has 2 atom stereocenters. The van der Waals surface area contributed by atoms with E-state index in [-0.39, 0.29) is 23.5 Å². The van der Waals surface area contributed by atoms with Crippen molar-refractivity contribution in [1.82, 2.24) is 0 Å². The number of aliphatic hydroxyl groups is 2. The van der Waals surface area contributed by atoms with E-state index in [0.29, 0.717) is 5.56 Å². The van der Waals surface area contributed by atoms with Crippen molar-refractivity contribution in [2.75, 3.05) is 6.61 Å². The molecule has 0 heterocycles. The summed E-state index contributed by atoms with van der Waals surface area (Å²) in [6.45, 7) is 4.13. The topological polar surface area (TPSA) is 132 Å². The maximum Gasteiger partial charge on any atom is 0.335 e. The minimum absolute atomic E-state index is 0.0741. The molecule has 0 spiro atoms. The van der Waals surface area contributed by atoms with Gasteiger partial charge in [-0.05, 0) is 37.1 Å². The molecular weight excluding hydrogens is 396 g/mol. The lowest BCUT2D eigenvalue weighted by molar-refractivity contribution is 0.0583. The summed E-state index contributed by atoms with van der Waals surface area (Å²) >= 11 is 0. The summed E-state index contributed by atoms with van der Waals surface area (Å²) in [4.78, 5) is 10.1. The smallest absolute Gasteiger partial charge is 0.335 e. The molecule has 162 valence electrons.